The summed E-state index contributed by atoms with van der Waals surface area (Å²) < 4.78 is 0. The molecule has 3 aromatic carbocycles. The minimum atomic E-state index is 0. The molecule has 0 saturated heterocycles. The topological polar surface area (TPSA) is 57.2 Å². The maximum Gasteiger partial charge on any atom is 2.00 e. The van der Waals surface area contributed by atoms with Gasteiger partial charge >= 0.3 is 19.5 Å². The number of hydrogen-bond donors (Lipinski definition) is 0. The van der Waals surface area contributed by atoms with Gasteiger partial charge in [-0.3, -0.25) is 0 Å². The molecule has 3 aromatic heterocycles. The number of nitrogens with zero attached hydrogens (tertiary/aromatic N) is 5. The molecule has 9 rings (SSSR count). The Hall–Kier alpha value is -5.85. The number of benzene rings is 3. The first-order valence-corrected chi connectivity index (χ1v) is 28.6. The van der Waals surface area contributed by atoms with Gasteiger partial charge in [-0.25, -0.2) is 9.97 Å². The predicted molar refractivity (Wildman–Crippen MR) is 311 cm³/mol. The molecule has 7 heteroatoms. The number of unbranched alkanes of at least 4 members (excludes halogenated alkanes) is 15. The van der Waals surface area contributed by atoms with Crippen molar-refractivity contribution in [2.24, 2.45) is 0 Å². The van der Waals surface area contributed by atoms with Crippen LogP contribution in [-0.2, 0) is 32.3 Å². The smallest absolute Gasteiger partial charge is 0.656 e. The second-order valence-corrected chi connectivity index (χ2v) is 21.2. The third-order valence-corrected chi connectivity index (χ3v) is 15.6. The van der Waals surface area contributed by atoms with Crippen LogP contribution in [0.15, 0.2) is 101 Å². The molecule has 0 aliphatic carbocycles. The predicted octanol–water partition coefficient (Wildman–Crippen LogP) is 17.8. The Morgan fingerprint density at radius 2 is 0.905 bits per heavy atom. The zero-order chi connectivity index (χ0) is 50.2. The van der Waals surface area contributed by atoms with Gasteiger partial charge in [-0.2, -0.15) is 0 Å². The second kappa shape index (κ2) is 27.6. The van der Waals surface area contributed by atoms with Gasteiger partial charge in [0.2, 0.25) is 0 Å². The number of hydrogen-bond acceptors (Lipinski definition) is 4. The Labute approximate surface area is 459 Å². The van der Waals surface area contributed by atoms with Crippen LogP contribution in [0.2, 0.25) is 0 Å². The van der Waals surface area contributed by atoms with Gasteiger partial charge in [0.15, 0.2) is 0 Å². The molecule has 3 aliphatic heterocycles. The van der Waals surface area contributed by atoms with E-state index >= 15 is 0 Å². The van der Waals surface area contributed by atoms with Crippen LogP contribution in [0.4, 0.5) is 11.4 Å². The summed E-state index contributed by atoms with van der Waals surface area (Å²) in [5.41, 5.74) is 16.8. The second-order valence-electron chi connectivity index (χ2n) is 20.1. The summed E-state index contributed by atoms with van der Waals surface area (Å²) in [5.74, 6) is 14.4. The molecule has 0 N–H and O–H groups in total. The van der Waals surface area contributed by atoms with Gasteiger partial charge < -0.3 is 14.9 Å². The maximum atomic E-state index is 5.47. The molecule has 0 spiro atoms. The maximum absolute atomic E-state index is 5.47. The number of fused-ring (bicyclic) bond motifs is 10. The summed E-state index contributed by atoms with van der Waals surface area (Å²) >= 11 is 1.84. The van der Waals surface area contributed by atoms with Gasteiger partial charge in [-0.15, -0.1) is 22.1 Å². The van der Waals surface area contributed by atoms with E-state index < -0.39 is 0 Å². The van der Waals surface area contributed by atoms with Crippen molar-refractivity contribution >= 4 is 69.5 Å². The fourth-order valence-corrected chi connectivity index (χ4v) is 11.4. The van der Waals surface area contributed by atoms with Crippen LogP contribution in [-0.4, -0.2) is 16.5 Å². The van der Waals surface area contributed by atoms with E-state index in [9.17, 15) is 0 Å². The average molecular weight is 1050 g/mol. The van der Waals surface area contributed by atoms with E-state index in [1.165, 1.54) is 117 Å². The van der Waals surface area contributed by atoms with E-state index in [0.717, 1.165) is 123 Å². The van der Waals surface area contributed by atoms with E-state index in [1.54, 1.807) is 0 Å². The molecule has 74 heavy (non-hydrogen) atoms. The van der Waals surface area contributed by atoms with Crippen molar-refractivity contribution in [1.29, 1.82) is 0 Å². The zero-order valence-corrected chi connectivity index (χ0v) is 48.5. The van der Waals surface area contributed by atoms with Crippen molar-refractivity contribution in [3.63, 3.8) is 0 Å². The third kappa shape index (κ3) is 13.9. The first-order valence-electron chi connectivity index (χ1n) is 27.8. The largest absolute Gasteiger partial charge is 2.00 e. The minimum Gasteiger partial charge on any atom is -0.656 e. The average Bonchev–Trinajstić information content (AvgIpc) is 4.27. The normalized spacial score (nSPS) is 12.1. The number of para-hydroxylation sites is 1. The summed E-state index contributed by atoms with van der Waals surface area (Å²) in [6.45, 7) is 9.93. The van der Waals surface area contributed by atoms with Gasteiger partial charge in [0.25, 0.3) is 0 Å². The van der Waals surface area contributed by atoms with Crippen molar-refractivity contribution in [3.8, 4) is 23.7 Å². The molecular weight excluding hydrogens is 972 g/mol. The fraction of sp³-hybridized carbons (Fsp3) is 0.373. The first-order chi connectivity index (χ1) is 36.0. The summed E-state index contributed by atoms with van der Waals surface area (Å²) in [4.78, 5) is 26.8. The van der Waals surface area contributed by atoms with Crippen LogP contribution in [0, 0.1) is 30.6 Å². The molecule has 0 fully saturated rings. The zero-order valence-electron chi connectivity index (χ0n) is 44.7. The van der Waals surface area contributed by atoms with Crippen LogP contribution in [0.3, 0.4) is 0 Å². The monoisotopic (exact) mass is 1040 g/mol. The van der Waals surface area contributed by atoms with Crippen molar-refractivity contribution in [2.45, 2.75) is 166 Å². The molecular formula is C67H73N5SZn. The summed E-state index contributed by atoms with van der Waals surface area (Å²) in [6.07, 6.45) is 32.7. The molecule has 6 aromatic rings. The minimum absolute atomic E-state index is 0. The quantitative estimate of drug-likeness (QED) is 0.0406. The molecule has 0 amide bonds. The van der Waals surface area contributed by atoms with Gasteiger partial charge in [0.05, 0.1) is 34.2 Å². The van der Waals surface area contributed by atoms with E-state index in [4.69, 9.17) is 19.9 Å². The third-order valence-electron chi connectivity index (χ3n) is 14.5. The molecule has 3 aliphatic rings. The molecule has 6 heterocycles. The molecule has 0 saturated carbocycles. The molecule has 0 radical (unpaired) electrons. The summed E-state index contributed by atoms with van der Waals surface area (Å²) in [5, 5.41) is 0. The van der Waals surface area contributed by atoms with Crippen molar-refractivity contribution < 1.29 is 19.5 Å². The number of rotatable bonds is 21. The molecule has 8 bridgehead atoms. The van der Waals surface area contributed by atoms with E-state index in [0.29, 0.717) is 0 Å². The first kappa shape index (κ1) is 54.4. The van der Waals surface area contributed by atoms with E-state index in [1.807, 2.05) is 11.8 Å². The van der Waals surface area contributed by atoms with Gasteiger partial charge in [-0.05, 0) is 117 Å². The van der Waals surface area contributed by atoms with Crippen LogP contribution >= 0.6 is 11.8 Å². The Morgan fingerprint density at radius 1 is 0.446 bits per heavy atom. The van der Waals surface area contributed by atoms with Gasteiger partial charge in [0.1, 0.15) is 0 Å². The van der Waals surface area contributed by atoms with Crippen molar-refractivity contribution in [2.75, 3.05) is 11.4 Å². The fourth-order valence-electron chi connectivity index (χ4n) is 10.2. The van der Waals surface area contributed by atoms with Crippen LogP contribution in [0.5, 0.6) is 0 Å². The number of aryl methyl sites for hydroxylation is 3. The molecule has 5 nitrogen and oxygen atoms in total. The molecule has 0 atom stereocenters. The van der Waals surface area contributed by atoms with Crippen LogP contribution in [0.25, 0.3) is 46.4 Å². The van der Waals surface area contributed by atoms with E-state index in [-0.39, 0.29) is 19.5 Å². The number of aromatic nitrogens is 4. The van der Waals surface area contributed by atoms with Crippen LogP contribution < -0.4 is 14.9 Å². The van der Waals surface area contributed by atoms with Crippen LogP contribution in [0.1, 0.15) is 198 Å². The number of anilines is 2. The van der Waals surface area contributed by atoms with E-state index in [2.05, 4.69) is 172 Å². The molecule has 374 valence electrons. The van der Waals surface area contributed by atoms with Crippen molar-refractivity contribution in [1.82, 2.24) is 19.9 Å². The molecule has 0 unspecified atom stereocenters. The van der Waals surface area contributed by atoms with Gasteiger partial charge in [-0.1, -0.05) is 207 Å². The summed E-state index contributed by atoms with van der Waals surface area (Å²) in [7, 11) is 0. The standard InChI is InChI=1S/C67H73N5S.Zn/c1-5-8-11-13-15-17-19-21-25-52-56-38-42-60(68-56)54(36-33-50-31-29-49(4)30-32-50)61-43-39-57(69-61)53(26-22-20-18-16-14-12-9-6-2)59-41-45-63(71-59)55(62-44-40-58(52)70-62)37-34-51-35-46-65-67(48-51)73-66-28-24-23-27-64(66)72(65)47-10-7-3;/h23-24,27-32,35,38-46,48H,5-22,25-26,47H2,1-4H3;/q-2;+2. The Kier molecular flexibility index (Phi) is 20.3. The Morgan fingerprint density at radius 3 is 1.46 bits per heavy atom. The Balaban J connectivity index is 0.00000729. The van der Waals surface area contributed by atoms with Gasteiger partial charge in [0, 0.05) is 38.6 Å². The SMILES string of the molecule is CCCCCCCCCCc1c2nc(c(C#Cc3ccc4c(c3)Sc3ccccc3N4CCCC)c3ccc([n-]3)c(CCCCCCCCCC)c3nc(c(C#Cc4ccc(C)cc4)c4ccc1[n-]4)C=C3)C=C2.[Zn+2]. The van der Waals surface area contributed by atoms with Crippen molar-refractivity contribution in [3.05, 3.63) is 153 Å². The Bertz CT molecular complexity index is 3200. The summed E-state index contributed by atoms with van der Waals surface area (Å²) in [6, 6.07) is 32.6.